The van der Waals surface area contributed by atoms with Gasteiger partial charge in [0.25, 0.3) is 10.0 Å². The maximum absolute atomic E-state index is 12.8. The summed E-state index contributed by atoms with van der Waals surface area (Å²) in [5.74, 6) is 0.702. The Hall–Kier alpha value is -0.920. The molecule has 1 aromatic heterocycles. The molecule has 1 heterocycles. The fraction of sp³-hybridized carbons (Fsp3) is 0.769. The van der Waals surface area contributed by atoms with Gasteiger partial charge in [-0.25, -0.2) is 13.4 Å². The van der Waals surface area contributed by atoms with E-state index in [2.05, 4.69) is 4.98 Å². The fourth-order valence-corrected chi connectivity index (χ4v) is 4.16. The zero-order valence-electron chi connectivity index (χ0n) is 13.0. The van der Waals surface area contributed by atoms with Crippen molar-refractivity contribution in [3.63, 3.8) is 0 Å². The predicted molar refractivity (Wildman–Crippen MR) is 80.0 cm³/mol. The molecule has 0 spiro atoms. The Morgan fingerprint density at radius 1 is 1.40 bits per heavy atom. The number of aromatic nitrogens is 2. The molecule has 0 radical (unpaired) electrons. The first-order valence-corrected chi connectivity index (χ1v) is 8.47. The van der Waals surface area contributed by atoms with Gasteiger partial charge in [-0.05, 0) is 27.2 Å². The fourth-order valence-electron chi connectivity index (χ4n) is 2.30. The van der Waals surface area contributed by atoms with Gasteiger partial charge in [0, 0.05) is 31.4 Å². The highest BCUT2D eigenvalue weighted by molar-refractivity contribution is 7.89. The van der Waals surface area contributed by atoms with Crippen LogP contribution in [0.25, 0.3) is 0 Å². The number of likely N-dealkylation sites (N-methyl/N-ethyl adjacent to an activating group) is 1. The third-order valence-corrected chi connectivity index (χ3v) is 5.94. The van der Waals surface area contributed by atoms with Crippen LogP contribution in [-0.4, -0.2) is 40.9 Å². The molecule has 0 aromatic carbocycles. The summed E-state index contributed by atoms with van der Waals surface area (Å²) in [6, 6.07) is 0. The van der Waals surface area contributed by atoms with Crippen LogP contribution in [0.2, 0.25) is 0 Å². The van der Waals surface area contributed by atoms with E-state index in [1.165, 1.54) is 4.31 Å². The smallest absolute Gasteiger partial charge is 0.262 e. The van der Waals surface area contributed by atoms with Crippen LogP contribution in [0, 0.1) is 6.92 Å². The Morgan fingerprint density at radius 3 is 2.35 bits per heavy atom. The normalized spacial score (nSPS) is 15.6. The molecule has 2 N–H and O–H groups in total. The van der Waals surface area contributed by atoms with Crippen LogP contribution >= 0.6 is 0 Å². The molecule has 0 amide bonds. The van der Waals surface area contributed by atoms with E-state index in [-0.39, 0.29) is 11.6 Å². The van der Waals surface area contributed by atoms with E-state index in [1.54, 1.807) is 13.1 Å². The molecule has 1 unspecified atom stereocenters. The summed E-state index contributed by atoms with van der Waals surface area (Å²) in [6.45, 7) is 10.8. The molecule has 0 aliphatic carbocycles. The molecule has 0 aliphatic heterocycles. The van der Waals surface area contributed by atoms with Gasteiger partial charge in [-0.15, -0.1) is 0 Å². The van der Waals surface area contributed by atoms with E-state index in [0.29, 0.717) is 25.3 Å². The molecule has 0 aliphatic rings. The average Bonchev–Trinajstić information content (AvgIpc) is 2.80. The van der Waals surface area contributed by atoms with Crippen molar-refractivity contribution in [1.82, 2.24) is 13.9 Å². The summed E-state index contributed by atoms with van der Waals surface area (Å²) < 4.78 is 28.9. The molecule has 0 bridgehead atoms. The maximum Gasteiger partial charge on any atom is 0.262 e. The van der Waals surface area contributed by atoms with Gasteiger partial charge < -0.3 is 10.3 Å². The zero-order chi connectivity index (χ0) is 15.6. The Morgan fingerprint density at radius 2 is 2.00 bits per heavy atom. The van der Waals surface area contributed by atoms with Gasteiger partial charge in [-0.2, -0.15) is 4.31 Å². The van der Waals surface area contributed by atoms with Crippen molar-refractivity contribution in [3.8, 4) is 0 Å². The van der Waals surface area contributed by atoms with Gasteiger partial charge >= 0.3 is 0 Å². The summed E-state index contributed by atoms with van der Waals surface area (Å²) in [4.78, 5) is 4.20. The largest absolute Gasteiger partial charge is 0.334 e. The maximum atomic E-state index is 12.8. The molecule has 0 saturated heterocycles. The van der Waals surface area contributed by atoms with Crippen LogP contribution in [0.1, 0.15) is 39.9 Å². The van der Waals surface area contributed by atoms with Gasteiger partial charge in [-0.3, -0.25) is 0 Å². The highest BCUT2D eigenvalue weighted by Gasteiger charge is 2.38. The summed E-state index contributed by atoms with van der Waals surface area (Å²) in [5, 5.41) is 0.104. The summed E-state index contributed by atoms with van der Waals surface area (Å²) >= 11 is 0. The van der Waals surface area contributed by atoms with E-state index in [0.717, 1.165) is 0 Å². The lowest BCUT2D eigenvalue weighted by molar-refractivity contribution is 0.213. The molecule has 1 aromatic rings. The molecular formula is C13H26N4O2S. The number of imidazole rings is 1. The lowest BCUT2D eigenvalue weighted by Gasteiger charge is -2.37. The van der Waals surface area contributed by atoms with Gasteiger partial charge in [0.15, 0.2) is 5.03 Å². The van der Waals surface area contributed by atoms with Crippen molar-refractivity contribution in [2.45, 2.75) is 58.1 Å². The Balaban J connectivity index is 3.31. The third-order valence-electron chi connectivity index (χ3n) is 3.94. The number of hydrogen-bond donors (Lipinski definition) is 1. The first-order valence-electron chi connectivity index (χ1n) is 7.03. The van der Waals surface area contributed by atoms with Crippen LogP contribution in [0.15, 0.2) is 11.2 Å². The van der Waals surface area contributed by atoms with Crippen LogP contribution in [0.5, 0.6) is 0 Å². The quantitative estimate of drug-likeness (QED) is 0.824. The van der Waals surface area contributed by atoms with Crippen molar-refractivity contribution in [2.75, 3.05) is 13.1 Å². The molecule has 0 fully saturated rings. The van der Waals surface area contributed by atoms with Gasteiger partial charge in [0.2, 0.25) is 0 Å². The lowest BCUT2D eigenvalue weighted by Crippen LogP contribution is -2.53. The number of hydrogen-bond acceptors (Lipinski definition) is 4. The molecule has 116 valence electrons. The average molecular weight is 302 g/mol. The molecular weight excluding hydrogens is 276 g/mol. The van der Waals surface area contributed by atoms with Crippen LogP contribution in [0.4, 0.5) is 0 Å². The monoisotopic (exact) mass is 302 g/mol. The van der Waals surface area contributed by atoms with Crippen LogP contribution < -0.4 is 5.73 Å². The van der Waals surface area contributed by atoms with Gasteiger partial charge in [-0.1, -0.05) is 13.8 Å². The molecule has 0 saturated carbocycles. The van der Waals surface area contributed by atoms with Crippen molar-refractivity contribution >= 4 is 10.0 Å². The summed E-state index contributed by atoms with van der Waals surface area (Å²) in [6.07, 6.45) is 2.25. The minimum absolute atomic E-state index is 0.104. The van der Waals surface area contributed by atoms with Crippen molar-refractivity contribution in [1.29, 1.82) is 0 Å². The molecule has 20 heavy (non-hydrogen) atoms. The second-order valence-electron chi connectivity index (χ2n) is 5.14. The Kier molecular flexibility index (Phi) is 5.34. The standard InChI is InChI=1S/C13H26N4O2S/c1-6-13(5,10-14)17(8-3)20(18,19)12-9-16(7-2)11(4)15-12/h9H,6-8,10,14H2,1-5H3. The molecule has 1 atom stereocenters. The summed E-state index contributed by atoms with van der Waals surface area (Å²) in [5.41, 5.74) is 5.21. The van der Waals surface area contributed by atoms with E-state index >= 15 is 0 Å². The zero-order valence-corrected chi connectivity index (χ0v) is 13.9. The van der Waals surface area contributed by atoms with Crippen molar-refractivity contribution in [3.05, 3.63) is 12.0 Å². The van der Waals surface area contributed by atoms with Crippen LogP contribution in [0.3, 0.4) is 0 Å². The topological polar surface area (TPSA) is 81.2 Å². The number of sulfonamides is 1. The highest BCUT2D eigenvalue weighted by atomic mass is 32.2. The predicted octanol–water partition coefficient (Wildman–Crippen LogP) is 1.35. The molecule has 6 nitrogen and oxygen atoms in total. The van der Waals surface area contributed by atoms with Gasteiger partial charge in [0.1, 0.15) is 5.82 Å². The van der Waals surface area contributed by atoms with E-state index in [4.69, 9.17) is 5.73 Å². The Labute approximate surface area is 122 Å². The van der Waals surface area contributed by atoms with Gasteiger partial charge in [0.05, 0.1) is 0 Å². The second kappa shape index (κ2) is 6.24. The molecule has 7 heteroatoms. The minimum atomic E-state index is -3.62. The van der Waals surface area contributed by atoms with E-state index in [1.807, 2.05) is 32.3 Å². The first kappa shape index (κ1) is 17.1. The van der Waals surface area contributed by atoms with Crippen molar-refractivity contribution < 1.29 is 8.42 Å². The number of aryl methyl sites for hydroxylation is 2. The second-order valence-corrected chi connectivity index (χ2v) is 6.95. The van der Waals surface area contributed by atoms with Crippen LogP contribution in [-0.2, 0) is 16.6 Å². The SMILES string of the molecule is CCN(C(C)(CC)CN)S(=O)(=O)c1cn(CC)c(C)n1. The number of nitrogens with two attached hydrogens (primary N) is 1. The Bertz CT molecular complexity index is 547. The number of rotatable bonds is 7. The molecule has 1 rings (SSSR count). The van der Waals surface area contributed by atoms with E-state index in [9.17, 15) is 8.42 Å². The minimum Gasteiger partial charge on any atom is -0.334 e. The van der Waals surface area contributed by atoms with Crippen molar-refractivity contribution in [2.24, 2.45) is 5.73 Å². The highest BCUT2D eigenvalue weighted by Crippen LogP contribution is 2.26. The number of nitrogens with zero attached hydrogens (tertiary/aromatic N) is 3. The lowest BCUT2D eigenvalue weighted by atomic mass is 9.99. The van der Waals surface area contributed by atoms with E-state index < -0.39 is 15.6 Å². The third kappa shape index (κ3) is 2.89. The first-order chi connectivity index (χ1) is 9.26. The summed E-state index contributed by atoms with van der Waals surface area (Å²) in [7, 11) is -3.62.